The summed E-state index contributed by atoms with van der Waals surface area (Å²) in [4.78, 5) is 0. The predicted octanol–water partition coefficient (Wildman–Crippen LogP) is 4.67. The van der Waals surface area contributed by atoms with E-state index in [2.05, 4.69) is 15.9 Å². The lowest BCUT2D eigenvalue weighted by molar-refractivity contribution is 0.625. The van der Waals surface area contributed by atoms with Gasteiger partial charge in [0.15, 0.2) is 0 Å². The van der Waals surface area contributed by atoms with Gasteiger partial charge in [-0.25, -0.2) is 4.39 Å². The van der Waals surface area contributed by atoms with Crippen LogP contribution in [0, 0.1) is 5.82 Å². The molecule has 0 unspecified atom stereocenters. The Bertz CT molecular complexity index is 341. The van der Waals surface area contributed by atoms with Gasteiger partial charge >= 0.3 is 0 Å². The summed E-state index contributed by atoms with van der Waals surface area (Å²) in [6.07, 6.45) is 2.76. The average molecular weight is 278 g/mol. The van der Waals surface area contributed by atoms with Crippen molar-refractivity contribution in [1.82, 2.24) is 0 Å². The third-order valence-electron chi connectivity index (χ3n) is 1.95. The number of hydrogen-bond donors (Lipinski definition) is 0. The summed E-state index contributed by atoms with van der Waals surface area (Å²) in [5.74, 6) is -0.274. The van der Waals surface area contributed by atoms with Crippen molar-refractivity contribution in [3.63, 3.8) is 0 Å². The lowest BCUT2D eigenvalue weighted by Crippen LogP contribution is -1.86. The summed E-state index contributed by atoms with van der Waals surface area (Å²) < 4.78 is 13.3. The molecule has 0 aromatic heterocycles. The number of benzene rings is 1. The van der Waals surface area contributed by atoms with Gasteiger partial charge in [-0.1, -0.05) is 52.2 Å². The molecule has 0 spiro atoms. The van der Waals surface area contributed by atoms with Crippen molar-refractivity contribution in [1.29, 1.82) is 0 Å². The maximum atomic E-state index is 13.3. The SMILES string of the molecule is CC/C(=C/c1ccc(Cl)cc1F)CBr. The molecular weight excluding hydrogens is 266 g/mol. The van der Waals surface area contributed by atoms with Gasteiger partial charge in [0.25, 0.3) is 0 Å². The maximum Gasteiger partial charge on any atom is 0.131 e. The minimum absolute atomic E-state index is 0.274. The molecule has 0 aliphatic carbocycles. The average Bonchev–Trinajstić information content (AvgIpc) is 2.17. The van der Waals surface area contributed by atoms with E-state index in [4.69, 9.17) is 11.6 Å². The van der Waals surface area contributed by atoms with E-state index in [1.54, 1.807) is 12.1 Å². The van der Waals surface area contributed by atoms with E-state index >= 15 is 0 Å². The van der Waals surface area contributed by atoms with Gasteiger partial charge in [-0.3, -0.25) is 0 Å². The van der Waals surface area contributed by atoms with Crippen LogP contribution in [0.5, 0.6) is 0 Å². The Morgan fingerprint density at radius 3 is 2.79 bits per heavy atom. The highest BCUT2D eigenvalue weighted by Crippen LogP contribution is 2.18. The third-order valence-corrected chi connectivity index (χ3v) is 2.90. The van der Waals surface area contributed by atoms with Crippen LogP contribution in [0.1, 0.15) is 18.9 Å². The summed E-state index contributed by atoms with van der Waals surface area (Å²) in [6.45, 7) is 2.04. The van der Waals surface area contributed by atoms with Crippen molar-refractivity contribution < 1.29 is 4.39 Å². The van der Waals surface area contributed by atoms with Crippen molar-refractivity contribution in [3.8, 4) is 0 Å². The molecule has 0 atom stereocenters. The number of hydrogen-bond acceptors (Lipinski definition) is 0. The molecule has 0 bridgehead atoms. The molecular formula is C11H11BrClF. The van der Waals surface area contributed by atoms with Gasteiger partial charge in [-0.05, 0) is 18.6 Å². The largest absolute Gasteiger partial charge is 0.206 e. The molecule has 0 saturated carbocycles. The Morgan fingerprint density at radius 1 is 1.57 bits per heavy atom. The Balaban J connectivity index is 3.02. The molecule has 0 radical (unpaired) electrons. The Hall–Kier alpha value is -0.340. The molecule has 0 amide bonds. The minimum Gasteiger partial charge on any atom is -0.206 e. The number of rotatable bonds is 3. The fourth-order valence-corrected chi connectivity index (χ4v) is 1.79. The van der Waals surface area contributed by atoms with E-state index in [1.807, 2.05) is 13.0 Å². The van der Waals surface area contributed by atoms with E-state index in [-0.39, 0.29) is 5.82 Å². The van der Waals surface area contributed by atoms with E-state index in [0.29, 0.717) is 10.6 Å². The molecule has 1 rings (SSSR count). The number of halogens is 3. The van der Waals surface area contributed by atoms with Crippen LogP contribution in [0.25, 0.3) is 6.08 Å². The van der Waals surface area contributed by atoms with Crippen LogP contribution in [0.2, 0.25) is 5.02 Å². The topological polar surface area (TPSA) is 0 Å². The molecule has 1 aromatic rings. The van der Waals surface area contributed by atoms with E-state index in [0.717, 1.165) is 17.3 Å². The standard InChI is InChI=1S/C11H11BrClF/c1-2-8(7-12)5-9-3-4-10(13)6-11(9)14/h3-6H,2,7H2,1H3/b8-5-. The van der Waals surface area contributed by atoms with Crippen molar-refractivity contribution in [2.45, 2.75) is 13.3 Å². The first kappa shape index (κ1) is 11.7. The summed E-state index contributed by atoms with van der Waals surface area (Å²) in [5, 5.41) is 1.20. The third kappa shape index (κ3) is 3.10. The van der Waals surface area contributed by atoms with Crippen LogP contribution in [-0.4, -0.2) is 5.33 Å². The first-order valence-corrected chi connectivity index (χ1v) is 5.87. The van der Waals surface area contributed by atoms with Gasteiger partial charge in [0.1, 0.15) is 5.82 Å². The van der Waals surface area contributed by atoms with Gasteiger partial charge < -0.3 is 0 Å². The van der Waals surface area contributed by atoms with Crippen molar-refractivity contribution >= 4 is 33.6 Å². The highest BCUT2D eigenvalue weighted by molar-refractivity contribution is 9.09. The second-order valence-electron chi connectivity index (χ2n) is 2.96. The Kier molecular flexibility index (Phi) is 4.63. The summed E-state index contributed by atoms with van der Waals surface area (Å²) in [7, 11) is 0. The smallest absolute Gasteiger partial charge is 0.131 e. The second-order valence-corrected chi connectivity index (χ2v) is 3.95. The minimum atomic E-state index is -0.274. The molecule has 0 heterocycles. The summed E-state index contributed by atoms with van der Waals surface area (Å²) in [5.41, 5.74) is 1.75. The first-order chi connectivity index (χ1) is 6.67. The van der Waals surface area contributed by atoms with Gasteiger partial charge in [-0.15, -0.1) is 0 Å². The van der Waals surface area contributed by atoms with E-state index in [1.165, 1.54) is 6.07 Å². The highest BCUT2D eigenvalue weighted by Gasteiger charge is 2.01. The van der Waals surface area contributed by atoms with Crippen LogP contribution in [0.15, 0.2) is 23.8 Å². The Morgan fingerprint density at radius 2 is 2.29 bits per heavy atom. The van der Waals surface area contributed by atoms with Crippen LogP contribution in [0.3, 0.4) is 0 Å². The van der Waals surface area contributed by atoms with Crippen LogP contribution >= 0.6 is 27.5 Å². The molecule has 1 aromatic carbocycles. The van der Waals surface area contributed by atoms with Gasteiger partial charge in [0.2, 0.25) is 0 Å². The number of allylic oxidation sites excluding steroid dienone is 1. The zero-order chi connectivity index (χ0) is 10.6. The summed E-state index contributed by atoms with van der Waals surface area (Å²) >= 11 is 9.01. The van der Waals surface area contributed by atoms with Gasteiger partial charge in [0.05, 0.1) is 0 Å². The molecule has 0 fully saturated rings. The molecule has 0 nitrogen and oxygen atoms in total. The molecule has 76 valence electrons. The van der Waals surface area contributed by atoms with Crippen LogP contribution < -0.4 is 0 Å². The van der Waals surface area contributed by atoms with Crippen molar-refractivity contribution in [2.24, 2.45) is 0 Å². The molecule has 3 heteroatoms. The second kappa shape index (κ2) is 5.52. The summed E-state index contributed by atoms with van der Waals surface area (Å²) in [6, 6.07) is 4.71. The van der Waals surface area contributed by atoms with Crippen LogP contribution in [0.4, 0.5) is 4.39 Å². The number of alkyl halides is 1. The van der Waals surface area contributed by atoms with Gasteiger partial charge in [-0.2, -0.15) is 0 Å². The highest BCUT2D eigenvalue weighted by atomic mass is 79.9. The quantitative estimate of drug-likeness (QED) is 0.705. The molecule has 0 aliphatic rings. The van der Waals surface area contributed by atoms with E-state index in [9.17, 15) is 4.39 Å². The zero-order valence-corrected chi connectivity index (χ0v) is 10.2. The van der Waals surface area contributed by atoms with Crippen LogP contribution in [-0.2, 0) is 0 Å². The van der Waals surface area contributed by atoms with Crippen molar-refractivity contribution in [3.05, 3.63) is 40.2 Å². The Labute approximate surface area is 96.9 Å². The van der Waals surface area contributed by atoms with Crippen molar-refractivity contribution in [2.75, 3.05) is 5.33 Å². The predicted molar refractivity (Wildman–Crippen MR) is 63.5 cm³/mol. The lowest BCUT2D eigenvalue weighted by atomic mass is 10.1. The molecule has 0 N–H and O–H groups in total. The van der Waals surface area contributed by atoms with E-state index < -0.39 is 0 Å². The maximum absolute atomic E-state index is 13.3. The monoisotopic (exact) mass is 276 g/mol. The zero-order valence-electron chi connectivity index (χ0n) is 7.86. The lowest BCUT2D eigenvalue weighted by Gasteiger charge is -2.01. The van der Waals surface area contributed by atoms with Gasteiger partial charge in [0, 0.05) is 15.9 Å². The molecule has 0 saturated heterocycles. The molecule has 0 aliphatic heterocycles. The molecule has 14 heavy (non-hydrogen) atoms. The fourth-order valence-electron chi connectivity index (χ4n) is 1.07. The normalized spacial score (nSPS) is 11.9. The first-order valence-electron chi connectivity index (χ1n) is 4.37. The fraction of sp³-hybridized carbons (Fsp3) is 0.273.